The molecule has 0 bridgehead atoms. The van der Waals surface area contributed by atoms with E-state index in [4.69, 9.17) is 14.2 Å². The molecule has 0 aliphatic carbocycles. The molecule has 30 heavy (non-hydrogen) atoms. The predicted molar refractivity (Wildman–Crippen MR) is 111 cm³/mol. The van der Waals surface area contributed by atoms with Gasteiger partial charge in [0.15, 0.2) is 6.04 Å². The van der Waals surface area contributed by atoms with Gasteiger partial charge in [-0.05, 0) is 53.7 Å². The monoisotopic (exact) mass is 418 g/mol. The van der Waals surface area contributed by atoms with Crippen LogP contribution in [0.1, 0.15) is 53.5 Å². The lowest BCUT2D eigenvalue weighted by Crippen LogP contribution is -2.57. The molecule has 1 aromatic rings. The SMILES string of the molecule is COC(=O)[C@@H](CC#Cc1ccccc1)N(NC(=O)OC(C)(C)C)C(=O)OC(C)(C)C. The number of benzene rings is 1. The van der Waals surface area contributed by atoms with Crippen molar-refractivity contribution >= 4 is 18.2 Å². The van der Waals surface area contributed by atoms with Crippen LogP contribution in [0.4, 0.5) is 9.59 Å². The van der Waals surface area contributed by atoms with E-state index in [0.29, 0.717) is 0 Å². The van der Waals surface area contributed by atoms with Crippen molar-refractivity contribution in [3.8, 4) is 11.8 Å². The normalized spacial score (nSPS) is 12.0. The molecular formula is C22H30N2O6. The maximum atomic E-state index is 12.7. The van der Waals surface area contributed by atoms with Crippen LogP contribution in [0, 0.1) is 11.8 Å². The Hall–Kier alpha value is -3.21. The van der Waals surface area contributed by atoms with Crippen molar-refractivity contribution in [1.82, 2.24) is 10.4 Å². The minimum atomic E-state index is -1.24. The maximum Gasteiger partial charge on any atom is 0.430 e. The number of esters is 1. The highest BCUT2D eigenvalue weighted by Gasteiger charge is 2.36. The maximum absolute atomic E-state index is 12.7. The lowest BCUT2D eigenvalue weighted by atomic mass is 10.1. The zero-order valence-electron chi connectivity index (χ0n) is 18.6. The van der Waals surface area contributed by atoms with Gasteiger partial charge in [0, 0.05) is 12.0 Å². The molecule has 0 heterocycles. The fourth-order valence-electron chi connectivity index (χ4n) is 2.15. The topological polar surface area (TPSA) is 94.2 Å². The number of amides is 2. The quantitative estimate of drug-likeness (QED) is 0.349. The minimum Gasteiger partial charge on any atom is -0.467 e. The van der Waals surface area contributed by atoms with E-state index in [-0.39, 0.29) is 6.42 Å². The molecular weight excluding hydrogens is 388 g/mol. The van der Waals surface area contributed by atoms with Gasteiger partial charge in [-0.2, -0.15) is 0 Å². The van der Waals surface area contributed by atoms with E-state index in [1.54, 1.807) is 41.5 Å². The summed E-state index contributed by atoms with van der Waals surface area (Å²) < 4.78 is 15.3. The van der Waals surface area contributed by atoms with Crippen molar-refractivity contribution in [2.24, 2.45) is 0 Å². The Morgan fingerprint density at radius 3 is 2.07 bits per heavy atom. The summed E-state index contributed by atoms with van der Waals surface area (Å²) in [5, 5.41) is 0.755. The summed E-state index contributed by atoms with van der Waals surface area (Å²) in [4.78, 5) is 37.4. The second-order valence-corrected chi connectivity index (χ2v) is 8.37. The Bertz CT molecular complexity index is 797. The van der Waals surface area contributed by atoms with Gasteiger partial charge in [-0.1, -0.05) is 30.0 Å². The zero-order valence-corrected chi connectivity index (χ0v) is 18.6. The summed E-state index contributed by atoms with van der Waals surface area (Å²) in [6.07, 6.45) is -1.96. The summed E-state index contributed by atoms with van der Waals surface area (Å²) in [6, 6.07) is 7.90. The van der Waals surface area contributed by atoms with E-state index >= 15 is 0 Å². The molecule has 0 aliphatic heterocycles. The van der Waals surface area contributed by atoms with Gasteiger partial charge in [0.25, 0.3) is 0 Å². The fraction of sp³-hybridized carbons (Fsp3) is 0.500. The third kappa shape index (κ3) is 9.32. The molecule has 0 saturated heterocycles. The van der Waals surface area contributed by atoms with Crippen LogP contribution in [-0.4, -0.2) is 47.5 Å². The molecule has 164 valence electrons. The zero-order chi connectivity index (χ0) is 22.9. The first-order valence-corrected chi connectivity index (χ1v) is 9.46. The summed E-state index contributed by atoms with van der Waals surface area (Å²) in [5.74, 6) is 4.99. The average Bonchev–Trinajstić information content (AvgIpc) is 2.61. The average molecular weight is 418 g/mol. The summed E-state index contributed by atoms with van der Waals surface area (Å²) >= 11 is 0. The van der Waals surface area contributed by atoms with Crippen molar-refractivity contribution in [2.75, 3.05) is 7.11 Å². The summed E-state index contributed by atoms with van der Waals surface area (Å²) in [6.45, 7) is 10.0. The number of hydrazine groups is 1. The van der Waals surface area contributed by atoms with E-state index in [1.165, 1.54) is 7.11 Å². The molecule has 2 amide bonds. The van der Waals surface area contributed by atoms with E-state index in [2.05, 4.69) is 17.3 Å². The Morgan fingerprint density at radius 2 is 1.57 bits per heavy atom. The molecule has 1 atom stereocenters. The van der Waals surface area contributed by atoms with Crippen LogP contribution >= 0.6 is 0 Å². The van der Waals surface area contributed by atoms with Gasteiger partial charge >= 0.3 is 18.2 Å². The highest BCUT2D eigenvalue weighted by Crippen LogP contribution is 2.14. The number of methoxy groups -OCH3 is 1. The van der Waals surface area contributed by atoms with Crippen LogP contribution in [0.2, 0.25) is 0 Å². The molecule has 0 spiro atoms. The molecule has 0 aromatic heterocycles. The first-order valence-electron chi connectivity index (χ1n) is 9.46. The number of hydrogen-bond donors (Lipinski definition) is 1. The smallest absolute Gasteiger partial charge is 0.430 e. The van der Waals surface area contributed by atoms with Crippen LogP contribution < -0.4 is 5.43 Å². The van der Waals surface area contributed by atoms with Crippen molar-refractivity contribution < 1.29 is 28.6 Å². The second kappa shape index (κ2) is 10.5. The van der Waals surface area contributed by atoms with Gasteiger partial charge in [-0.25, -0.2) is 24.8 Å². The first kappa shape index (κ1) is 24.8. The Kier molecular flexibility index (Phi) is 8.72. The van der Waals surface area contributed by atoms with Crippen LogP contribution in [0.3, 0.4) is 0 Å². The minimum absolute atomic E-state index is 0.101. The molecule has 0 saturated carbocycles. The highest BCUT2D eigenvalue weighted by atomic mass is 16.6. The largest absolute Gasteiger partial charge is 0.467 e. The number of hydrogen-bond acceptors (Lipinski definition) is 6. The fourth-order valence-corrected chi connectivity index (χ4v) is 2.15. The number of nitrogens with one attached hydrogen (secondary N) is 1. The number of nitrogens with zero attached hydrogens (tertiary/aromatic N) is 1. The number of carbonyl (C=O) groups is 3. The van der Waals surface area contributed by atoms with Crippen molar-refractivity contribution in [3.63, 3.8) is 0 Å². The van der Waals surface area contributed by atoms with Gasteiger partial charge in [0.05, 0.1) is 7.11 Å². The Balaban J connectivity index is 3.17. The highest BCUT2D eigenvalue weighted by molar-refractivity contribution is 5.83. The first-order chi connectivity index (χ1) is 13.8. The van der Waals surface area contributed by atoms with Crippen LogP contribution in [0.15, 0.2) is 30.3 Å². The standard InChI is InChI=1S/C22H30N2O6/c1-21(2,3)29-19(26)23-24(20(27)30-22(4,5)6)17(18(25)28-7)15-11-14-16-12-9-8-10-13-16/h8-10,12-13,17H,15H2,1-7H3,(H,23,26)/t17-/m1/s1. The van der Waals surface area contributed by atoms with Crippen LogP contribution in [-0.2, 0) is 19.0 Å². The molecule has 1 N–H and O–H groups in total. The van der Waals surface area contributed by atoms with Crippen LogP contribution in [0.25, 0.3) is 0 Å². The lowest BCUT2D eigenvalue weighted by Gasteiger charge is -2.32. The van der Waals surface area contributed by atoms with Gasteiger partial charge in [0.1, 0.15) is 11.2 Å². The van der Waals surface area contributed by atoms with Crippen molar-refractivity contribution in [1.29, 1.82) is 0 Å². The number of rotatable bonds is 3. The van der Waals surface area contributed by atoms with Gasteiger partial charge < -0.3 is 14.2 Å². The molecule has 1 rings (SSSR count). The third-order valence-electron chi connectivity index (χ3n) is 3.29. The number of ether oxygens (including phenoxy) is 3. The molecule has 8 nitrogen and oxygen atoms in total. The van der Waals surface area contributed by atoms with E-state index in [9.17, 15) is 14.4 Å². The molecule has 8 heteroatoms. The van der Waals surface area contributed by atoms with Crippen LogP contribution in [0.5, 0.6) is 0 Å². The second-order valence-electron chi connectivity index (χ2n) is 8.37. The Morgan fingerprint density at radius 1 is 1.00 bits per heavy atom. The van der Waals surface area contributed by atoms with Gasteiger partial charge in [-0.3, -0.25) is 0 Å². The van der Waals surface area contributed by atoms with Gasteiger partial charge in [0.2, 0.25) is 0 Å². The molecule has 1 aromatic carbocycles. The lowest BCUT2D eigenvalue weighted by molar-refractivity contribution is -0.147. The van der Waals surface area contributed by atoms with Crippen molar-refractivity contribution in [3.05, 3.63) is 35.9 Å². The van der Waals surface area contributed by atoms with E-state index < -0.39 is 35.4 Å². The molecule has 0 fully saturated rings. The molecule has 0 unspecified atom stereocenters. The van der Waals surface area contributed by atoms with E-state index in [1.807, 2.05) is 30.3 Å². The van der Waals surface area contributed by atoms with Crippen molar-refractivity contribution in [2.45, 2.75) is 65.2 Å². The Labute approximate surface area is 177 Å². The predicted octanol–water partition coefficient (Wildman–Crippen LogP) is 3.65. The summed E-state index contributed by atoms with van der Waals surface area (Å²) in [7, 11) is 1.18. The van der Waals surface area contributed by atoms with E-state index in [0.717, 1.165) is 10.6 Å². The molecule has 0 radical (unpaired) electrons. The number of carbonyl (C=O) groups excluding carboxylic acids is 3. The summed E-state index contributed by atoms with van der Waals surface area (Å²) in [5.41, 5.74) is 1.36. The third-order valence-corrected chi connectivity index (χ3v) is 3.29. The van der Waals surface area contributed by atoms with Gasteiger partial charge in [-0.15, -0.1) is 0 Å². The molecule has 0 aliphatic rings.